The maximum atomic E-state index is 11.0. The van der Waals surface area contributed by atoms with Crippen molar-refractivity contribution < 1.29 is 19.4 Å². The van der Waals surface area contributed by atoms with Crippen LogP contribution in [0.3, 0.4) is 0 Å². The van der Waals surface area contributed by atoms with Crippen molar-refractivity contribution in [2.75, 3.05) is 6.79 Å². The van der Waals surface area contributed by atoms with Crippen molar-refractivity contribution >= 4 is 23.1 Å². The van der Waals surface area contributed by atoms with Crippen LogP contribution in [0.15, 0.2) is 46.8 Å². The molecule has 1 aliphatic rings. The molecule has 2 aromatic heterocycles. The molecule has 1 N–H and O–H groups in total. The highest BCUT2D eigenvalue weighted by atomic mass is 16.7. The molecule has 4 rings (SSSR count). The Kier molecular flexibility index (Phi) is 3.16. The minimum atomic E-state index is -0.998. The molecule has 0 bridgehead atoms. The summed E-state index contributed by atoms with van der Waals surface area (Å²) >= 11 is 0. The first-order valence-corrected chi connectivity index (χ1v) is 7.15. The van der Waals surface area contributed by atoms with Gasteiger partial charge in [-0.25, -0.2) is 9.78 Å². The number of imidazole rings is 1. The first-order chi connectivity index (χ1) is 11.6. The summed E-state index contributed by atoms with van der Waals surface area (Å²) in [4.78, 5) is 15.4. The van der Waals surface area contributed by atoms with Gasteiger partial charge in [0.15, 0.2) is 17.3 Å². The standard InChI is InChI=1S/C16H12N4O4/c1-9-15(20-5-4-10(16(21)22)6-14(20)17-9)19-18-11-2-3-12-13(7-11)24-8-23-12/h2-7H,8H2,1H3,(H,21,22). The Bertz CT molecular complexity index is 993. The number of benzene rings is 1. The Morgan fingerprint density at radius 2 is 2.04 bits per heavy atom. The van der Waals surface area contributed by atoms with Crippen molar-refractivity contribution in [1.82, 2.24) is 9.38 Å². The number of carboxylic acids is 1. The van der Waals surface area contributed by atoms with E-state index in [4.69, 9.17) is 14.6 Å². The summed E-state index contributed by atoms with van der Waals surface area (Å²) in [5.74, 6) is 0.856. The monoisotopic (exact) mass is 324 g/mol. The van der Waals surface area contributed by atoms with Gasteiger partial charge in [0.2, 0.25) is 6.79 Å². The largest absolute Gasteiger partial charge is 0.478 e. The first kappa shape index (κ1) is 14.2. The third-order valence-corrected chi connectivity index (χ3v) is 3.63. The van der Waals surface area contributed by atoms with Crippen LogP contribution < -0.4 is 9.47 Å². The molecule has 1 aliphatic heterocycles. The molecule has 8 nitrogen and oxygen atoms in total. The van der Waals surface area contributed by atoms with E-state index >= 15 is 0 Å². The lowest BCUT2D eigenvalue weighted by Crippen LogP contribution is -1.97. The third-order valence-electron chi connectivity index (χ3n) is 3.63. The van der Waals surface area contributed by atoms with E-state index in [0.717, 1.165) is 0 Å². The summed E-state index contributed by atoms with van der Waals surface area (Å²) < 4.78 is 12.3. The molecule has 0 spiro atoms. The molecular formula is C16H12N4O4. The second-order valence-electron chi connectivity index (χ2n) is 5.21. The number of hydrogen-bond acceptors (Lipinski definition) is 6. The van der Waals surface area contributed by atoms with E-state index in [1.807, 2.05) is 0 Å². The Hall–Kier alpha value is -3.42. The predicted molar refractivity (Wildman–Crippen MR) is 83.6 cm³/mol. The molecule has 0 unspecified atom stereocenters. The number of carbonyl (C=O) groups is 1. The Morgan fingerprint density at radius 1 is 1.21 bits per heavy atom. The molecule has 0 aliphatic carbocycles. The fourth-order valence-corrected chi connectivity index (χ4v) is 2.46. The highest BCUT2D eigenvalue weighted by molar-refractivity contribution is 5.88. The molecule has 0 atom stereocenters. The van der Waals surface area contributed by atoms with Gasteiger partial charge in [0.05, 0.1) is 16.9 Å². The van der Waals surface area contributed by atoms with Crippen LogP contribution in [-0.4, -0.2) is 27.3 Å². The van der Waals surface area contributed by atoms with E-state index in [-0.39, 0.29) is 12.4 Å². The molecular weight excluding hydrogens is 312 g/mol. The molecule has 3 aromatic rings. The van der Waals surface area contributed by atoms with Crippen molar-refractivity contribution in [3.63, 3.8) is 0 Å². The zero-order chi connectivity index (χ0) is 16.7. The van der Waals surface area contributed by atoms with Crippen molar-refractivity contribution in [2.24, 2.45) is 10.2 Å². The SMILES string of the molecule is Cc1nc2cc(C(=O)O)ccn2c1N=Nc1ccc2c(c1)OCO2. The lowest BCUT2D eigenvalue weighted by Gasteiger charge is -1.99. The second-order valence-corrected chi connectivity index (χ2v) is 5.21. The van der Waals surface area contributed by atoms with Gasteiger partial charge >= 0.3 is 5.97 Å². The topological polar surface area (TPSA) is 97.8 Å². The molecule has 0 saturated heterocycles. The highest BCUT2D eigenvalue weighted by Gasteiger charge is 2.14. The quantitative estimate of drug-likeness (QED) is 0.744. The third kappa shape index (κ3) is 2.34. The van der Waals surface area contributed by atoms with Crippen LogP contribution in [0.2, 0.25) is 0 Å². The molecule has 24 heavy (non-hydrogen) atoms. The van der Waals surface area contributed by atoms with E-state index in [9.17, 15) is 4.79 Å². The van der Waals surface area contributed by atoms with E-state index in [2.05, 4.69) is 15.2 Å². The maximum absolute atomic E-state index is 11.0. The van der Waals surface area contributed by atoms with Crippen molar-refractivity contribution in [1.29, 1.82) is 0 Å². The van der Waals surface area contributed by atoms with Gasteiger partial charge in [-0.05, 0) is 31.2 Å². The van der Waals surface area contributed by atoms with Crippen molar-refractivity contribution in [3.8, 4) is 11.5 Å². The minimum absolute atomic E-state index is 0.173. The van der Waals surface area contributed by atoms with Gasteiger partial charge < -0.3 is 14.6 Å². The number of fused-ring (bicyclic) bond motifs is 2. The van der Waals surface area contributed by atoms with Crippen molar-refractivity contribution in [2.45, 2.75) is 6.92 Å². The van der Waals surface area contributed by atoms with Crippen LogP contribution in [0.4, 0.5) is 11.5 Å². The zero-order valence-electron chi connectivity index (χ0n) is 12.6. The lowest BCUT2D eigenvalue weighted by atomic mass is 10.3. The normalized spacial score (nSPS) is 13.0. The van der Waals surface area contributed by atoms with Gasteiger partial charge in [0, 0.05) is 12.3 Å². The average molecular weight is 324 g/mol. The fraction of sp³-hybridized carbons (Fsp3) is 0.125. The number of hydrogen-bond donors (Lipinski definition) is 1. The van der Waals surface area contributed by atoms with Gasteiger partial charge in [-0.15, -0.1) is 10.2 Å². The number of rotatable bonds is 3. The number of carboxylic acid groups (broad SMARTS) is 1. The number of nitrogens with zero attached hydrogens (tertiary/aromatic N) is 4. The number of pyridine rings is 1. The van der Waals surface area contributed by atoms with Gasteiger partial charge in [-0.2, -0.15) is 0 Å². The number of ether oxygens (including phenoxy) is 2. The zero-order valence-corrected chi connectivity index (χ0v) is 12.6. The van der Waals surface area contributed by atoms with Gasteiger partial charge in [0.1, 0.15) is 5.65 Å². The number of aromatic nitrogens is 2. The van der Waals surface area contributed by atoms with E-state index in [0.29, 0.717) is 34.3 Å². The van der Waals surface area contributed by atoms with E-state index in [1.165, 1.54) is 12.1 Å². The van der Waals surface area contributed by atoms with Crippen molar-refractivity contribution in [3.05, 3.63) is 47.8 Å². The molecule has 0 saturated carbocycles. The minimum Gasteiger partial charge on any atom is -0.478 e. The Morgan fingerprint density at radius 3 is 2.88 bits per heavy atom. The number of aryl methyl sites for hydroxylation is 1. The first-order valence-electron chi connectivity index (χ1n) is 7.15. The van der Waals surface area contributed by atoms with E-state index < -0.39 is 5.97 Å². The van der Waals surface area contributed by atoms with Crippen LogP contribution in [0.25, 0.3) is 5.65 Å². The molecule has 120 valence electrons. The molecule has 0 radical (unpaired) electrons. The molecule has 8 heteroatoms. The van der Waals surface area contributed by atoms with Crippen LogP contribution in [-0.2, 0) is 0 Å². The highest BCUT2D eigenvalue weighted by Crippen LogP contribution is 2.35. The predicted octanol–water partition coefficient (Wildman–Crippen LogP) is 3.49. The number of aromatic carboxylic acids is 1. The fourth-order valence-electron chi connectivity index (χ4n) is 2.46. The average Bonchev–Trinajstić information content (AvgIpc) is 3.15. The summed E-state index contributed by atoms with van der Waals surface area (Å²) in [5, 5.41) is 17.5. The van der Waals surface area contributed by atoms with Crippen LogP contribution in [0, 0.1) is 6.92 Å². The summed E-state index contributed by atoms with van der Waals surface area (Å²) in [5.41, 5.74) is 1.96. The lowest BCUT2D eigenvalue weighted by molar-refractivity contribution is 0.0697. The second kappa shape index (κ2) is 5.34. The van der Waals surface area contributed by atoms with Gasteiger partial charge in [-0.3, -0.25) is 4.40 Å². The number of azo groups is 1. The smallest absolute Gasteiger partial charge is 0.335 e. The molecule has 0 amide bonds. The van der Waals surface area contributed by atoms with Crippen LogP contribution in [0.5, 0.6) is 11.5 Å². The Balaban J connectivity index is 1.71. The summed E-state index contributed by atoms with van der Waals surface area (Å²) in [7, 11) is 0. The molecule has 1 aromatic carbocycles. The summed E-state index contributed by atoms with van der Waals surface area (Å²) in [6, 6.07) is 8.28. The summed E-state index contributed by atoms with van der Waals surface area (Å²) in [6.07, 6.45) is 1.62. The maximum Gasteiger partial charge on any atom is 0.335 e. The van der Waals surface area contributed by atoms with Gasteiger partial charge in [0.25, 0.3) is 0 Å². The van der Waals surface area contributed by atoms with Crippen LogP contribution in [0.1, 0.15) is 16.1 Å². The molecule has 3 heterocycles. The molecule has 0 fully saturated rings. The van der Waals surface area contributed by atoms with Gasteiger partial charge in [-0.1, -0.05) is 0 Å². The Labute approximate surface area is 136 Å². The summed E-state index contributed by atoms with van der Waals surface area (Å²) in [6.45, 7) is 2.00. The van der Waals surface area contributed by atoms with E-state index in [1.54, 1.807) is 35.7 Å². The van der Waals surface area contributed by atoms with Crippen LogP contribution >= 0.6 is 0 Å².